The SMILES string of the molecule is O=C(Nc1ccncc1)c1cn([C@@H]2O[C@H](COP(=O)(O)OP(=O)(O)OP(=O)(O)O)[C@@H](O)[C@H]2O)c(=O)[nH]c1=O. The fourth-order valence-corrected chi connectivity index (χ4v) is 6.07. The first-order valence-corrected chi connectivity index (χ1v) is 14.4. The third-order valence-corrected chi connectivity index (χ3v) is 8.38. The van der Waals surface area contributed by atoms with Crippen LogP contribution < -0.4 is 16.6 Å². The van der Waals surface area contributed by atoms with Crippen LogP contribution in [0, 0.1) is 0 Å². The Labute approximate surface area is 209 Å². The molecule has 3 heterocycles. The van der Waals surface area contributed by atoms with E-state index in [9.17, 15) is 43.2 Å². The lowest BCUT2D eigenvalue weighted by molar-refractivity contribution is -0.0543. The lowest BCUT2D eigenvalue weighted by atomic mass is 10.1. The molecule has 2 aromatic rings. The average Bonchev–Trinajstić information content (AvgIpc) is 3.04. The number of pyridine rings is 1. The molecule has 0 radical (unpaired) electrons. The molecular weight excluding hydrogens is 585 g/mol. The summed E-state index contributed by atoms with van der Waals surface area (Å²) in [6.07, 6.45) is -3.93. The van der Waals surface area contributed by atoms with Crippen LogP contribution in [0.25, 0.3) is 0 Å². The average molecular weight is 604 g/mol. The van der Waals surface area contributed by atoms with Crippen LogP contribution in [0.5, 0.6) is 0 Å². The zero-order chi connectivity index (χ0) is 28.5. The van der Waals surface area contributed by atoms with Crippen LogP contribution >= 0.6 is 23.5 Å². The number of aromatic amines is 1. The number of aliphatic hydroxyl groups is 2. The molecule has 2 unspecified atom stereocenters. The van der Waals surface area contributed by atoms with Crippen molar-refractivity contribution in [3.05, 3.63) is 57.1 Å². The smallest absolute Gasteiger partial charge is 0.387 e. The Morgan fingerprint density at radius 2 is 1.68 bits per heavy atom. The van der Waals surface area contributed by atoms with Crippen LogP contribution in [-0.4, -0.2) is 75.1 Å². The molecule has 0 aliphatic carbocycles. The van der Waals surface area contributed by atoms with E-state index in [1.165, 1.54) is 24.5 Å². The molecule has 1 fully saturated rings. The molecule has 0 saturated carbocycles. The molecule has 8 N–H and O–H groups in total. The monoisotopic (exact) mass is 604 g/mol. The van der Waals surface area contributed by atoms with Crippen molar-refractivity contribution in [2.24, 2.45) is 0 Å². The molecule has 20 nitrogen and oxygen atoms in total. The molecule has 210 valence electrons. The van der Waals surface area contributed by atoms with E-state index in [4.69, 9.17) is 19.4 Å². The molecule has 0 spiro atoms. The second kappa shape index (κ2) is 11.4. The summed E-state index contributed by atoms with van der Waals surface area (Å²) in [5.74, 6) is -0.969. The molecular formula is C15H19N4O16P3. The predicted molar refractivity (Wildman–Crippen MR) is 119 cm³/mol. The maximum absolute atomic E-state index is 12.5. The molecule has 0 bridgehead atoms. The number of anilines is 1. The van der Waals surface area contributed by atoms with Crippen molar-refractivity contribution in [1.82, 2.24) is 14.5 Å². The number of rotatable bonds is 10. The standard InChI is InChI=1S/C15H19N4O16P3/c20-10-9(6-32-37(28,29)35-38(30,31)34-36(25,26)27)33-14(11(10)21)19-5-8(13(23)18-15(19)24)12(22)17-7-1-3-16-4-2-7/h1-5,9-11,14,20-21H,6H2,(H,28,29)(H,30,31)(H,16,17,22)(H,18,23,24)(H2,25,26,27)/t9-,10-,11-,14-/m1/s1. The molecule has 1 saturated heterocycles. The van der Waals surface area contributed by atoms with Gasteiger partial charge in [0.25, 0.3) is 11.5 Å². The first-order chi connectivity index (χ1) is 17.5. The van der Waals surface area contributed by atoms with Crippen molar-refractivity contribution in [2.45, 2.75) is 24.5 Å². The van der Waals surface area contributed by atoms with Gasteiger partial charge in [-0.15, -0.1) is 0 Å². The molecule has 1 aliphatic heterocycles. The molecule has 1 amide bonds. The third kappa shape index (κ3) is 7.81. The Kier molecular flexibility index (Phi) is 9.02. The summed E-state index contributed by atoms with van der Waals surface area (Å²) in [5, 5.41) is 22.9. The minimum atomic E-state index is -5.81. The van der Waals surface area contributed by atoms with Gasteiger partial charge in [0.2, 0.25) is 0 Å². The highest BCUT2D eigenvalue weighted by atomic mass is 31.3. The summed E-state index contributed by atoms with van der Waals surface area (Å²) in [5.41, 5.74) is -2.64. The number of phosphoric ester groups is 1. The number of amides is 1. The van der Waals surface area contributed by atoms with Gasteiger partial charge in [0.05, 0.1) is 6.61 Å². The highest BCUT2D eigenvalue weighted by molar-refractivity contribution is 7.66. The van der Waals surface area contributed by atoms with E-state index in [2.05, 4.69) is 23.4 Å². The number of hydrogen-bond acceptors (Lipinski definition) is 13. The van der Waals surface area contributed by atoms with E-state index in [-0.39, 0.29) is 5.69 Å². The largest absolute Gasteiger partial charge is 0.490 e. The number of H-pyrrole nitrogens is 1. The molecule has 3 rings (SSSR count). The zero-order valence-corrected chi connectivity index (χ0v) is 21.1. The van der Waals surface area contributed by atoms with E-state index < -0.39 is 77.3 Å². The first-order valence-electron chi connectivity index (χ1n) is 9.85. The van der Waals surface area contributed by atoms with Gasteiger partial charge in [-0.3, -0.25) is 28.6 Å². The second-order valence-electron chi connectivity index (χ2n) is 7.33. The Bertz CT molecular complexity index is 1440. The lowest BCUT2D eigenvalue weighted by Crippen LogP contribution is -2.40. The van der Waals surface area contributed by atoms with Gasteiger partial charge in [-0.05, 0) is 12.1 Å². The summed E-state index contributed by atoms with van der Waals surface area (Å²) >= 11 is 0. The molecule has 1 aliphatic rings. The fraction of sp³-hybridized carbons (Fsp3) is 0.333. The number of aliphatic hydroxyl groups excluding tert-OH is 2. The number of ether oxygens (including phenoxy) is 1. The normalized spacial score (nSPS) is 24.9. The molecule has 38 heavy (non-hydrogen) atoms. The Hall–Kier alpha value is -2.41. The molecule has 23 heteroatoms. The highest BCUT2D eigenvalue weighted by Gasteiger charge is 2.47. The second-order valence-corrected chi connectivity index (χ2v) is 11.8. The van der Waals surface area contributed by atoms with E-state index in [1.54, 1.807) is 0 Å². The summed E-state index contributed by atoms with van der Waals surface area (Å²) in [7, 11) is -17.0. The maximum Gasteiger partial charge on any atom is 0.490 e. The van der Waals surface area contributed by atoms with Gasteiger partial charge in [-0.2, -0.15) is 8.62 Å². The lowest BCUT2D eigenvalue weighted by Gasteiger charge is -2.19. The van der Waals surface area contributed by atoms with Gasteiger partial charge in [0, 0.05) is 24.3 Å². The maximum atomic E-state index is 12.5. The van der Waals surface area contributed by atoms with Crippen LogP contribution in [0.2, 0.25) is 0 Å². The molecule has 6 atom stereocenters. The van der Waals surface area contributed by atoms with Crippen molar-refractivity contribution in [3.63, 3.8) is 0 Å². The summed E-state index contributed by atoms with van der Waals surface area (Å²) in [4.78, 5) is 78.4. The van der Waals surface area contributed by atoms with Gasteiger partial charge >= 0.3 is 29.2 Å². The zero-order valence-electron chi connectivity index (χ0n) is 18.4. The quantitative estimate of drug-likeness (QED) is 0.138. The van der Waals surface area contributed by atoms with Crippen LogP contribution in [-0.2, 0) is 31.6 Å². The van der Waals surface area contributed by atoms with E-state index in [1.807, 2.05) is 4.98 Å². The van der Waals surface area contributed by atoms with E-state index >= 15 is 0 Å². The van der Waals surface area contributed by atoms with Crippen molar-refractivity contribution < 1.29 is 66.2 Å². The van der Waals surface area contributed by atoms with Crippen molar-refractivity contribution in [3.8, 4) is 0 Å². The van der Waals surface area contributed by atoms with Gasteiger partial charge in [-0.25, -0.2) is 18.5 Å². The van der Waals surface area contributed by atoms with Crippen LogP contribution in [0.3, 0.4) is 0 Å². The Morgan fingerprint density at radius 1 is 1.05 bits per heavy atom. The third-order valence-electron chi connectivity index (χ3n) is 4.58. The first kappa shape index (κ1) is 30.1. The number of nitrogens with one attached hydrogen (secondary N) is 2. The van der Waals surface area contributed by atoms with Crippen molar-refractivity contribution >= 4 is 35.1 Å². The minimum absolute atomic E-state index is 0.251. The van der Waals surface area contributed by atoms with E-state index in [0.717, 1.165) is 6.20 Å². The van der Waals surface area contributed by atoms with Crippen LogP contribution in [0.1, 0.15) is 16.6 Å². The van der Waals surface area contributed by atoms with Crippen molar-refractivity contribution in [2.75, 3.05) is 11.9 Å². The summed E-state index contributed by atoms with van der Waals surface area (Å²) < 4.78 is 51.2. The minimum Gasteiger partial charge on any atom is -0.387 e. The van der Waals surface area contributed by atoms with Gasteiger partial charge in [-0.1, -0.05) is 0 Å². The highest BCUT2D eigenvalue weighted by Crippen LogP contribution is 2.66. The van der Waals surface area contributed by atoms with Crippen LogP contribution in [0.15, 0.2) is 40.3 Å². The Morgan fingerprint density at radius 3 is 2.29 bits per heavy atom. The molecule has 0 aromatic carbocycles. The number of nitrogens with zero attached hydrogens (tertiary/aromatic N) is 2. The van der Waals surface area contributed by atoms with E-state index in [0.29, 0.717) is 4.57 Å². The number of aromatic nitrogens is 3. The number of carbonyl (C=O) groups excluding carboxylic acids is 1. The van der Waals surface area contributed by atoms with Crippen molar-refractivity contribution in [1.29, 1.82) is 0 Å². The van der Waals surface area contributed by atoms with Gasteiger partial charge in [0.1, 0.15) is 23.9 Å². The topological polar surface area (TPSA) is 306 Å². The van der Waals surface area contributed by atoms with Gasteiger partial charge in [0.15, 0.2) is 6.23 Å². The molecule has 2 aromatic heterocycles. The fourth-order valence-electron chi connectivity index (χ4n) is 3.04. The summed E-state index contributed by atoms with van der Waals surface area (Å²) in [6, 6.07) is 2.81. The van der Waals surface area contributed by atoms with Crippen LogP contribution in [0.4, 0.5) is 5.69 Å². The summed E-state index contributed by atoms with van der Waals surface area (Å²) in [6.45, 7) is -1.15. The number of hydrogen-bond donors (Lipinski definition) is 8. The van der Waals surface area contributed by atoms with Gasteiger partial charge < -0.3 is 39.8 Å². The number of carbonyl (C=O) groups is 1. The predicted octanol–water partition coefficient (Wildman–Crippen LogP) is -1.85. The number of phosphoric acid groups is 3. The Balaban J connectivity index is 1.75.